The van der Waals surface area contributed by atoms with Crippen molar-refractivity contribution in [3.63, 3.8) is 0 Å². The van der Waals surface area contributed by atoms with Gasteiger partial charge in [-0.25, -0.2) is 4.39 Å². The highest BCUT2D eigenvalue weighted by Gasteiger charge is 1.98. The molecular formula is C23H37FO3. The third-order valence-electron chi connectivity index (χ3n) is 4.88. The standard InChI is InChI=1S/C23H37FO3/c24-19-20-27-22-17-15-21(16-18-22)13-11-9-7-5-3-1-2-4-6-8-10-12-14-23(25)26/h15-18H,1-14,19-20H2,(H,25,26)/i24-1. The topological polar surface area (TPSA) is 46.5 Å². The number of unbranched alkanes of at least 4 members (excludes halogenated alkanes) is 11. The van der Waals surface area contributed by atoms with Crippen molar-refractivity contribution >= 4 is 5.97 Å². The number of carboxylic acids is 1. The Morgan fingerprint density at radius 1 is 0.778 bits per heavy atom. The van der Waals surface area contributed by atoms with Gasteiger partial charge in [-0.1, -0.05) is 76.3 Å². The Hall–Kier alpha value is -1.58. The molecular weight excluding hydrogens is 342 g/mol. The molecule has 4 heteroatoms. The van der Waals surface area contributed by atoms with Crippen LogP contribution in [0.15, 0.2) is 24.3 Å². The van der Waals surface area contributed by atoms with Gasteiger partial charge in [0.1, 0.15) is 19.0 Å². The van der Waals surface area contributed by atoms with Crippen LogP contribution in [-0.4, -0.2) is 24.4 Å². The molecule has 0 radical (unpaired) electrons. The summed E-state index contributed by atoms with van der Waals surface area (Å²) in [6.45, 7) is -0.317. The van der Waals surface area contributed by atoms with Crippen LogP contribution in [0.3, 0.4) is 0 Å². The first-order chi connectivity index (χ1) is 13.2. The molecule has 0 aliphatic heterocycles. The second-order valence-electron chi connectivity index (χ2n) is 7.32. The summed E-state index contributed by atoms with van der Waals surface area (Å²) >= 11 is 0. The fourth-order valence-corrected chi connectivity index (χ4v) is 3.28. The Bertz CT molecular complexity index is 473. The minimum Gasteiger partial charge on any atom is -0.491 e. The molecule has 0 fully saturated rings. The fraction of sp³-hybridized carbons (Fsp3) is 0.696. The molecule has 0 bridgehead atoms. The predicted octanol–water partition coefficient (Wildman–Crippen LogP) is 6.73. The molecule has 27 heavy (non-hydrogen) atoms. The van der Waals surface area contributed by atoms with E-state index in [1.54, 1.807) is 0 Å². The van der Waals surface area contributed by atoms with Crippen LogP contribution in [0.5, 0.6) is 5.75 Å². The Kier molecular flexibility index (Phi) is 14.4. The molecule has 0 unspecified atom stereocenters. The fourth-order valence-electron chi connectivity index (χ4n) is 3.28. The number of aryl methyl sites for hydroxylation is 1. The van der Waals surface area contributed by atoms with E-state index < -0.39 is 12.6 Å². The SMILES string of the molecule is O=C(O)CCCCCCCCCCCCCCc1ccc(OCC[18F])cc1. The van der Waals surface area contributed by atoms with Gasteiger partial charge >= 0.3 is 5.97 Å². The van der Waals surface area contributed by atoms with Crippen molar-refractivity contribution < 1.29 is 19.0 Å². The summed E-state index contributed by atoms with van der Waals surface area (Å²) < 4.78 is 17.3. The predicted molar refractivity (Wildman–Crippen MR) is 109 cm³/mol. The minimum absolute atomic E-state index is 0.131. The Morgan fingerprint density at radius 2 is 1.26 bits per heavy atom. The van der Waals surface area contributed by atoms with Crippen LogP contribution in [0.25, 0.3) is 0 Å². The highest BCUT2D eigenvalue weighted by atomic mass is 18.2. The monoisotopic (exact) mass is 379 g/mol. The zero-order valence-electron chi connectivity index (χ0n) is 16.8. The number of hydrogen-bond donors (Lipinski definition) is 1. The number of carboxylic acid groups (broad SMARTS) is 1. The zero-order chi connectivity index (χ0) is 19.6. The van der Waals surface area contributed by atoms with Crippen molar-refractivity contribution in [3.8, 4) is 5.75 Å². The maximum absolute atomic E-state index is 12.1. The van der Waals surface area contributed by atoms with E-state index in [0.717, 1.165) is 25.0 Å². The van der Waals surface area contributed by atoms with Gasteiger partial charge in [-0.3, -0.25) is 4.79 Å². The number of aliphatic carboxylic acids is 1. The first-order valence-corrected chi connectivity index (χ1v) is 10.7. The molecule has 0 aliphatic rings. The third-order valence-corrected chi connectivity index (χ3v) is 4.88. The first kappa shape index (κ1) is 23.5. The zero-order valence-corrected chi connectivity index (χ0v) is 16.8. The Labute approximate surface area is 164 Å². The number of benzene rings is 1. The van der Waals surface area contributed by atoms with Crippen LogP contribution in [0.2, 0.25) is 0 Å². The summed E-state index contributed by atoms with van der Waals surface area (Å²) in [5, 5.41) is 8.57. The van der Waals surface area contributed by atoms with Gasteiger partial charge in [-0.2, -0.15) is 0 Å². The van der Waals surface area contributed by atoms with Crippen LogP contribution in [0.1, 0.15) is 89.0 Å². The summed E-state index contributed by atoms with van der Waals surface area (Å²) in [5.41, 5.74) is 1.32. The molecule has 1 aromatic rings. The average Bonchev–Trinajstić information content (AvgIpc) is 2.67. The van der Waals surface area contributed by atoms with E-state index in [4.69, 9.17) is 9.84 Å². The third kappa shape index (κ3) is 14.2. The normalized spacial score (nSPS) is 10.9. The second kappa shape index (κ2) is 16.6. The van der Waals surface area contributed by atoms with Gasteiger partial charge in [-0.05, 0) is 37.0 Å². The van der Waals surface area contributed by atoms with Gasteiger partial charge in [0.05, 0.1) is 0 Å². The number of hydrogen-bond acceptors (Lipinski definition) is 2. The van der Waals surface area contributed by atoms with Crippen LogP contribution < -0.4 is 4.74 Å². The number of carbonyl (C=O) groups is 1. The van der Waals surface area contributed by atoms with Gasteiger partial charge in [0, 0.05) is 6.42 Å². The van der Waals surface area contributed by atoms with Crippen molar-refractivity contribution in [1.29, 1.82) is 0 Å². The van der Waals surface area contributed by atoms with Crippen LogP contribution in [0.4, 0.5) is 4.39 Å². The summed E-state index contributed by atoms with van der Waals surface area (Å²) in [5.74, 6) is 0.0735. The molecule has 0 saturated heterocycles. The number of alkyl halides is 1. The molecule has 0 heterocycles. The molecule has 0 atom stereocenters. The van der Waals surface area contributed by atoms with Gasteiger partial charge in [-0.15, -0.1) is 0 Å². The molecule has 1 N–H and O–H groups in total. The van der Waals surface area contributed by atoms with E-state index in [9.17, 15) is 9.18 Å². The Balaban J connectivity index is 1.84. The van der Waals surface area contributed by atoms with Crippen molar-refractivity contribution in [2.75, 3.05) is 13.3 Å². The summed E-state index contributed by atoms with van der Waals surface area (Å²) in [7, 11) is 0. The molecule has 0 saturated carbocycles. The quantitative estimate of drug-likeness (QED) is 0.287. The Morgan fingerprint density at radius 3 is 1.74 bits per heavy atom. The molecule has 154 valence electrons. The van der Waals surface area contributed by atoms with Gasteiger partial charge in [0.2, 0.25) is 0 Å². The van der Waals surface area contributed by atoms with E-state index in [0.29, 0.717) is 6.42 Å². The lowest BCUT2D eigenvalue weighted by atomic mass is 10.0. The molecule has 1 rings (SSSR count). The lowest BCUT2D eigenvalue weighted by Crippen LogP contribution is -1.98. The molecule has 0 aromatic heterocycles. The van der Waals surface area contributed by atoms with Crippen LogP contribution in [-0.2, 0) is 11.2 Å². The summed E-state index contributed by atoms with van der Waals surface area (Å²) in [6.07, 6.45) is 16.1. The summed E-state index contributed by atoms with van der Waals surface area (Å²) in [4.78, 5) is 10.4. The minimum atomic E-state index is -0.673. The smallest absolute Gasteiger partial charge is 0.303 e. The van der Waals surface area contributed by atoms with Crippen molar-refractivity contribution in [3.05, 3.63) is 29.8 Å². The van der Waals surface area contributed by atoms with Crippen molar-refractivity contribution in [1.82, 2.24) is 0 Å². The maximum atomic E-state index is 12.1. The number of halogens is 1. The lowest BCUT2D eigenvalue weighted by molar-refractivity contribution is -0.137. The molecule has 1 aromatic carbocycles. The van der Waals surface area contributed by atoms with E-state index in [2.05, 4.69) is 12.1 Å². The van der Waals surface area contributed by atoms with Gasteiger partial charge < -0.3 is 9.84 Å². The average molecular weight is 380 g/mol. The second-order valence-corrected chi connectivity index (χ2v) is 7.32. The van der Waals surface area contributed by atoms with E-state index in [1.165, 1.54) is 69.8 Å². The maximum Gasteiger partial charge on any atom is 0.303 e. The van der Waals surface area contributed by atoms with Crippen molar-refractivity contribution in [2.45, 2.75) is 89.9 Å². The number of ether oxygens (including phenoxy) is 1. The van der Waals surface area contributed by atoms with Gasteiger partial charge in [0.25, 0.3) is 0 Å². The first-order valence-electron chi connectivity index (χ1n) is 10.7. The van der Waals surface area contributed by atoms with E-state index >= 15 is 0 Å². The van der Waals surface area contributed by atoms with Gasteiger partial charge in [0.15, 0.2) is 0 Å². The lowest BCUT2D eigenvalue weighted by Gasteiger charge is -2.06. The number of rotatable bonds is 18. The van der Waals surface area contributed by atoms with Crippen LogP contribution >= 0.6 is 0 Å². The highest BCUT2D eigenvalue weighted by molar-refractivity contribution is 5.66. The van der Waals surface area contributed by atoms with Crippen LogP contribution in [0, 0.1) is 0 Å². The molecule has 3 nitrogen and oxygen atoms in total. The van der Waals surface area contributed by atoms with E-state index in [-0.39, 0.29) is 6.61 Å². The van der Waals surface area contributed by atoms with Crippen molar-refractivity contribution in [2.24, 2.45) is 0 Å². The molecule has 0 aliphatic carbocycles. The molecule has 0 spiro atoms. The van der Waals surface area contributed by atoms with E-state index in [1.807, 2.05) is 12.1 Å². The highest BCUT2D eigenvalue weighted by Crippen LogP contribution is 2.16. The summed E-state index contributed by atoms with van der Waals surface area (Å²) in [6, 6.07) is 8.01. The molecule has 0 amide bonds. The largest absolute Gasteiger partial charge is 0.491 e.